The molecule has 0 saturated carbocycles. The lowest BCUT2D eigenvalue weighted by Crippen LogP contribution is -2.40. The molecule has 1 fully saturated rings. The number of rotatable bonds is 2. The highest BCUT2D eigenvalue weighted by molar-refractivity contribution is 5.93. The molecule has 1 atom stereocenters. The Morgan fingerprint density at radius 1 is 1.47 bits per heavy atom. The molecule has 19 heavy (non-hydrogen) atoms. The van der Waals surface area contributed by atoms with Gasteiger partial charge < -0.3 is 20.1 Å². The summed E-state index contributed by atoms with van der Waals surface area (Å²) in [6, 6.07) is 4.30. The molecule has 6 heteroatoms. The van der Waals surface area contributed by atoms with Crippen LogP contribution in [0.4, 0.5) is 14.9 Å². The van der Waals surface area contributed by atoms with E-state index < -0.39 is 6.09 Å². The molecule has 1 aliphatic rings. The van der Waals surface area contributed by atoms with Gasteiger partial charge in [0, 0.05) is 18.8 Å². The number of carbonyl (C=O) groups excluding carboxylic acids is 2. The molecule has 2 rings (SSSR count). The van der Waals surface area contributed by atoms with Crippen molar-refractivity contribution < 1.29 is 19.1 Å². The van der Waals surface area contributed by atoms with Crippen molar-refractivity contribution in [1.29, 1.82) is 0 Å². The van der Waals surface area contributed by atoms with Gasteiger partial charge in [-0.3, -0.25) is 4.79 Å². The van der Waals surface area contributed by atoms with E-state index in [1.807, 2.05) is 0 Å². The largest absolute Gasteiger partial charge is 0.530 e. The Bertz CT molecular complexity index is 519. The van der Waals surface area contributed by atoms with Crippen LogP contribution in [0.25, 0.3) is 0 Å². The maximum absolute atomic E-state index is 13.1. The standard InChI is InChI=1S/C13H15FN2O3/c1-8-6-10(2-3-11(8)14)15-12(17)9-4-5-16(7-9)13(18)19/h2-3,6,9H,4-5,7H2,1H3,(H,15,17)(H,18,19)/p-1/t9-/m0/s1. The normalized spacial score (nSPS) is 18.4. The number of carboxylic acid groups (broad SMARTS) is 1. The maximum Gasteiger partial charge on any atom is 0.229 e. The van der Waals surface area contributed by atoms with Crippen molar-refractivity contribution in [1.82, 2.24) is 4.90 Å². The monoisotopic (exact) mass is 265 g/mol. The number of hydrogen-bond donors (Lipinski definition) is 1. The van der Waals surface area contributed by atoms with Gasteiger partial charge in [-0.1, -0.05) is 0 Å². The van der Waals surface area contributed by atoms with E-state index in [1.54, 1.807) is 13.0 Å². The quantitative estimate of drug-likeness (QED) is 0.857. The molecule has 0 unspecified atom stereocenters. The van der Waals surface area contributed by atoms with E-state index in [1.165, 1.54) is 12.1 Å². The molecule has 0 radical (unpaired) electrons. The second-order valence-corrected chi connectivity index (χ2v) is 4.65. The van der Waals surface area contributed by atoms with Crippen LogP contribution in [0.2, 0.25) is 0 Å². The molecule has 1 N–H and O–H groups in total. The minimum Gasteiger partial charge on any atom is -0.530 e. The topological polar surface area (TPSA) is 72.5 Å². The van der Waals surface area contributed by atoms with Crippen LogP contribution in [-0.4, -0.2) is 30.0 Å². The van der Waals surface area contributed by atoms with Crippen LogP contribution < -0.4 is 10.4 Å². The zero-order valence-electron chi connectivity index (χ0n) is 10.5. The van der Waals surface area contributed by atoms with Gasteiger partial charge in [-0.25, -0.2) is 4.39 Å². The second-order valence-electron chi connectivity index (χ2n) is 4.65. The van der Waals surface area contributed by atoms with Crippen molar-refractivity contribution in [2.45, 2.75) is 13.3 Å². The summed E-state index contributed by atoms with van der Waals surface area (Å²) in [6.45, 7) is 2.07. The molecule has 1 aromatic carbocycles. The van der Waals surface area contributed by atoms with Gasteiger partial charge >= 0.3 is 0 Å². The predicted molar refractivity (Wildman–Crippen MR) is 64.8 cm³/mol. The minimum absolute atomic E-state index is 0.147. The van der Waals surface area contributed by atoms with Gasteiger partial charge in [-0.05, 0) is 37.1 Å². The average Bonchev–Trinajstić information content (AvgIpc) is 2.83. The first-order chi connectivity index (χ1) is 8.97. The third-order valence-corrected chi connectivity index (χ3v) is 3.24. The predicted octanol–water partition coefficient (Wildman–Crippen LogP) is 0.738. The van der Waals surface area contributed by atoms with Gasteiger partial charge in [0.15, 0.2) is 0 Å². The van der Waals surface area contributed by atoms with Crippen LogP contribution in [0.1, 0.15) is 12.0 Å². The Kier molecular flexibility index (Phi) is 3.69. The van der Waals surface area contributed by atoms with E-state index in [0.717, 1.165) is 4.90 Å². The first kappa shape index (κ1) is 13.3. The summed E-state index contributed by atoms with van der Waals surface area (Å²) in [7, 11) is 0. The Morgan fingerprint density at radius 2 is 2.21 bits per heavy atom. The Balaban J connectivity index is 1.98. The molecule has 0 aromatic heterocycles. The Morgan fingerprint density at radius 3 is 2.79 bits per heavy atom. The first-order valence-corrected chi connectivity index (χ1v) is 6.00. The number of nitrogens with zero attached hydrogens (tertiary/aromatic N) is 1. The zero-order valence-corrected chi connectivity index (χ0v) is 10.5. The van der Waals surface area contributed by atoms with E-state index >= 15 is 0 Å². The Labute approximate surface area is 110 Å². The van der Waals surface area contributed by atoms with Crippen molar-refractivity contribution in [3.05, 3.63) is 29.6 Å². The zero-order chi connectivity index (χ0) is 14.0. The molecule has 5 nitrogen and oxygen atoms in total. The van der Waals surface area contributed by atoms with Crippen LogP contribution in [0.3, 0.4) is 0 Å². The highest BCUT2D eigenvalue weighted by atomic mass is 19.1. The number of likely N-dealkylation sites (tertiary alicyclic amines) is 1. The maximum atomic E-state index is 13.1. The fraction of sp³-hybridized carbons (Fsp3) is 0.385. The molecule has 0 bridgehead atoms. The first-order valence-electron chi connectivity index (χ1n) is 6.00. The van der Waals surface area contributed by atoms with Crippen LogP contribution in [0.15, 0.2) is 18.2 Å². The lowest BCUT2D eigenvalue weighted by molar-refractivity contribution is -0.264. The highest BCUT2D eigenvalue weighted by Gasteiger charge is 2.28. The van der Waals surface area contributed by atoms with Gasteiger partial charge in [-0.2, -0.15) is 0 Å². The van der Waals surface area contributed by atoms with Gasteiger partial charge in [0.05, 0.1) is 5.92 Å². The molecule has 1 aliphatic heterocycles. The molecule has 2 amide bonds. The van der Waals surface area contributed by atoms with Crippen LogP contribution >= 0.6 is 0 Å². The number of carbonyl (C=O) groups is 2. The number of anilines is 1. The molecule has 1 heterocycles. The average molecular weight is 265 g/mol. The lowest BCUT2D eigenvalue weighted by Gasteiger charge is -2.18. The van der Waals surface area contributed by atoms with Crippen LogP contribution in [0.5, 0.6) is 0 Å². The smallest absolute Gasteiger partial charge is 0.229 e. The molecule has 102 valence electrons. The number of aryl methyl sites for hydroxylation is 1. The van der Waals surface area contributed by atoms with E-state index in [4.69, 9.17) is 0 Å². The van der Waals surface area contributed by atoms with E-state index in [2.05, 4.69) is 5.32 Å². The summed E-state index contributed by atoms with van der Waals surface area (Å²) in [5, 5.41) is 13.3. The number of benzene rings is 1. The van der Waals surface area contributed by atoms with E-state index in [0.29, 0.717) is 24.2 Å². The van der Waals surface area contributed by atoms with E-state index in [9.17, 15) is 19.1 Å². The van der Waals surface area contributed by atoms with Crippen molar-refractivity contribution >= 4 is 17.7 Å². The molecule has 1 aromatic rings. The van der Waals surface area contributed by atoms with Crippen LogP contribution in [-0.2, 0) is 4.79 Å². The van der Waals surface area contributed by atoms with E-state index in [-0.39, 0.29) is 24.2 Å². The molecule has 1 saturated heterocycles. The molecule has 0 aliphatic carbocycles. The summed E-state index contributed by atoms with van der Waals surface area (Å²) >= 11 is 0. The summed E-state index contributed by atoms with van der Waals surface area (Å²) < 4.78 is 13.1. The third kappa shape index (κ3) is 3.01. The molecule has 0 spiro atoms. The van der Waals surface area contributed by atoms with Gasteiger partial charge in [0.1, 0.15) is 11.9 Å². The van der Waals surface area contributed by atoms with Gasteiger partial charge in [0.25, 0.3) is 0 Å². The Hall–Kier alpha value is -2.11. The van der Waals surface area contributed by atoms with Crippen molar-refractivity contribution in [3.8, 4) is 0 Å². The number of amides is 2. The number of nitrogens with one attached hydrogen (secondary N) is 1. The van der Waals surface area contributed by atoms with Crippen molar-refractivity contribution in [2.24, 2.45) is 5.92 Å². The van der Waals surface area contributed by atoms with Gasteiger partial charge in [0.2, 0.25) is 5.91 Å². The lowest BCUT2D eigenvalue weighted by atomic mass is 10.1. The van der Waals surface area contributed by atoms with Crippen molar-refractivity contribution in [2.75, 3.05) is 18.4 Å². The SMILES string of the molecule is Cc1cc(NC(=O)[C@H]2CCN(C(=O)[O-])C2)ccc1F. The number of hydrogen-bond acceptors (Lipinski definition) is 3. The third-order valence-electron chi connectivity index (χ3n) is 3.24. The number of halogens is 1. The fourth-order valence-corrected chi connectivity index (χ4v) is 2.11. The summed E-state index contributed by atoms with van der Waals surface area (Å²) in [5.74, 6) is -0.972. The van der Waals surface area contributed by atoms with Crippen LogP contribution in [0, 0.1) is 18.7 Å². The summed E-state index contributed by atoms with van der Waals surface area (Å²) in [5.41, 5.74) is 0.955. The summed E-state index contributed by atoms with van der Waals surface area (Å²) in [6.07, 6.45) is -0.784. The second kappa shape index (κ2) is 5.26. The minimum atomic E-state index is -1.26. The molecular weight excluding hydrogens is 251 g/mol. The summed E-state index contributed by atoms with van der Waals surface area (Å²) in [4.78, 5) is 23.7. The molecular formula is C13H14FN2O3-. The fourth-order valence-electron chi connectivity index (χ4n) is 2.11. The van der Waals surface area contributed by atoms with Gasteiger partial charge in [-0.15, -0.1) is 0 Å². The highest BCUT2D eigenvalue weighted by Crippen LogP contribution is 2.19. The van der Waals surface area contributed by atoms with Crippen molar-refractivity contribution in [3.63, 3.8) is 0 Å².